The largest absolute Gasteiger partial charge is 0.497 e. The topological polar surface area (TPSA) is 63.2 Å². The van der Waals surface area contributed by atoms with E-state index in [0.29, 0.717) is 11.6 Å². The summed E-state index contributed by atoms with van der Waals surface area (Å²) in [5.41, 5.74) is 1.62. The van der Waals surface area contributed by atoms with Crippen LogP contribution in [0.15, 0.2) is 42.7 Å². The molecule has 1 aromatic carbocycles. The molecule has 1 saturated heterocycles. The number of carbonyl (C=O) groups is 1. The normalized spacial score (nSPS) is 15.5. The number of aromatic nitrogens is 3. The Morgan fingerprint density at radius 1 is 1.31 bits per heavy atom. The van der Waals surface area contributed by atoms with Crippen LogP contribution in [-0.4, -0.2) is 45.8 Å². The van der Waals surface area contributed by atoms with Crippen LogP contribution in [0.25, 0.3) is 10.9 Å². The van der Waals surface area contributed by atoms with Crippen LogP contribution in [0.5, 0.6) is 5.75 Å². The highest BCUT2D eigenvalue weighted by Gasteiger charge is 2.24. The van der Waals surface area contributed by atoms with Gasteiger partial charge in [0.05, 0.1) is 7.11 Å². The molecule has 6 heteroatoms. The van der Waals surface area contributed by atoms with Gasteiger partial charge in [-0.3, -0.25) is 9.48 Å². The van der Waals surface area contributed by atoms with Gasteiger partial charge in [-0.1, -0.05) is 0 Å². The van der Waals surface area contributed by atoms with E-state index in [0.717, 1.165) is 55.5 Å². The smallest absolute Gasteiger partial charge is 0.270 e. The van der Waals surface area contributed by atoms with E-state index in [1.54, 1.807) is 7.11 Å². The number of aromatic amines is 1. The highest BCUT2D eigenvalue weighted by molar-refractivity contribution is 5.98. The van der Waals surface area contributed by atoms with Crippen LogP contribution in [0.2, 0.25) is 0 Å². The number of likely N-dealkylation sites (tertiary alicyclic amines) is 1. The monoisotopic (exact) mass is 352 g/mol. The van der Waals surface area contributed by atoms with Crippen molar-refractivity contribution in [3.05, 3.63) is 48.4 Å². The molecule has 26 heavy (non-hydrogen) atoms. The third-order valence-electron chi connectivity index (χ3n) is 5.29. The van der Waals surface area contributed by atoms with Crippen molar-refractivity contribution in [2.75, 3.05) is 20.2 Å². The van der Waals surface area contributed by atoms with Crippen molar-refractivity contribution in [1.29, 1.82) is 0 Å². The van der Waals surface area contributed by atoms with Crippen molar-refractivity contribution in [2.24, 2.45) is 5.92 Å². The van der Waals surface area contributed by atoms with Crippen molar-refractivity contribution in [1.82, 2.24) is 19.7 Å². The van der Waals surface area contributed by atoms with E-state index in [9.17, 15) is 4.79 Å². The quantitative estimate of drug-likeness (QED) is 0.766. The lowest BCUT2D eigenvalue weighted by atomic mass is 9.93. The van der Waals surface area contributed by atoms with E-state index in [-0.39, 0.29) is 5.91 Å². The number of methoxy groups -OCH3 is 1. The highest BCUT2D eigenvalue weighted by atomic mass is 16.5. The van der Waals surface area contributed by atoms with E-state index < -0.39 is 0 Å². The molecule has 6 nitrogen and oxygen atoms in total. The third-order valence-corrected chi connectivity index (χ3v) is 5.29. The fourth-order valence-corrected chi connectivity index (χ4v) is 3.70. The molecule has 0 aliphatic carbocycles. The summed E-state index contributed by atoms with van der Waals surface area (Å²) in [5, 5.41) is 5.26. The first-order valence-electron chi connectivity index (χ1n) is 9.16. The molecule has 1 N–H and O–H groups in total. The van der Waals surface area contributed by atoms with Crippen molar-refractivity contribution in [3.8, 4) is 5.75 Å². The number of rotatable bonds is 5. The van der Waals surface area contributed by atoms with Crippen molar-refractivity contribution < 1.29 is 9.53 Å². The predicted octanol–water partition coefficient (Wildman–Crippen LogP) is 3.32. The predicted molar refractivity (Wildman–Crippen MR) is 100 cm³/mol. The van der Waals surface area contributed by atoms with Crippen LogP contribution in [0.4, 0.5) is 0 Å². The Morgan fingerprint density at radius 3 is 2.88 bits per heavy atom. The zero-order chi connectivity index (χ0) is 17.9. The number of carbonyl (C=O) groups excluding carboxylic acids is 1. The molecule has 0 bridgehead atoms. The summed E-state index contributed by atoms with van der Waals surface area (Å²) in [5.74, 6) is 1.55. The van der Waals surface area contributed by atoms with E-state index >= 15 is 0 Å². The number of benzene rings is 1. The summed E-state index contributed by atoms with van der Waals surface area (Å²) in [6.07, 6.45) is 7.05. The summed E-state index contributed by atoms with van der Waals surface area (Å²) in [4.78, 5) is 18.0. The first-order chi connectivity index (χ1) is 12.7. The average Bonchev–Trinajstić information content (AvgIpc) is 3.35. The lowest BCUT2D eigenvalue weighted by molar-refractivity contribution is 0.0679. The Hall–Kier alpha value is -2.76. The van der Waals surface area contributed by atoms with Gasteiger partial charge in [0, 0.05) is 42.9 Å². The van der Waals surface area contributed by atoms with Crippen LogP contribution < -0.4 is 4.74 Å². The zero-order valence-corrected chi connectivity index (χ0v) is 15.0. The van der Waals surface area contributed by atoms with Gasteiger partial charge in [0.2, 0.25) is 0 Å². The Bertz CT molecular complexity index is 876. The maximum absolute atomic E-state index is 12.8. The molecule has 136 valence electrons. The van der Waals surface area contributed by atoms with E-state index in [1.165, 1.54) is 0 Å². The number of nitrogens with one attached hydrogen (secondary N) is 1. The first kappa shape index (κ1) is 16.7. The first-order valence-corrected chi connectivity index (χ1v) is 9.16. The van der Waals surface area contributed by atoms with E-state index in [4.69, 9.17) is 4.74 Å². The van der Waals surface area contributed by atoms with Crippen LogP contribution >= 0.6 is 0 Å². The number of H-pyrrole nitrogens is 1. The Morgan fingerprint density at radius 2 is 2.15 bits per heavy atom. The number of amides is 1. The molecule has 1 aliphatic rings. The summed E-state index contributed by atoms with van der Waals surface area (Å²) in [6, 6.07) is 9.68. The Balaban J connectivity index is 1.35. The van der Waals surface area contributed by atoms with Gasteiger partial charge in [0.15, 0.2) is 0 Å². The number of hydrogen-bond donors (Lipinski definition) is 1. The SMILES string of the molecule is COc1ccc2[nH]c(C(=O)N3CCC(CCn4cccn4)CC3)cc2c1. The molecular weight excluding hydrogens is 328 g/mol. The molecule has 1 amide bonds. The second-order valence-electron chi connectivity index (χ2n) is 6.93. The second-order valence-corrected chi connectivity index (χ2v) is 6.93. The molecule has 0 saturated carbocycles. The van der Waals surface area contributed by atoms with Gasteiger partial charge >= 0.3 is 0 Å². The zero-order valence-electron chi connectivity index (χ0n) is 15.0. The molecular formula is C20H24N4O2. The maximum Gasteiger partial charge on any atom is 0.270 e. The molecule has 3 aromatic rings. The number of piperidine rings is 1. The van der Waals surface area contributed by atoms with Gasteiger partial charge in [-0.05, 0) is 55.5 Å². The Labute approximate surface area is 152 Å². The van der Waals surface area contributed by atoms with E-state index in [1.807, 2.05) is 52.3 Å². The number of ether oxygens (including phenoxy) is 1. The van der Waals surface area contributed by atoms with Gasteiger partial charge in [0.1, 0.15) is 11.4 Å². The molecule has 1 fully saturated rings. The van der Waals surface area contributed by atoms with Crippen molar-refractivity contribution in [2.45, 2.75) is 25.8 Å². The number of hydrogen-bond acceptors (Lipinski definition) is 3. The van der Waals surface area contributed by atoms with Gasteiger partial charge in [-0.25, -0.2) is 0 Å². The van der Waals surface area contributed by atoms with Crippen LogP contribution in [0.3, 0.4) is 0 Å². The van der Waals surface area contributed by atoms with E-state index in [2.05, 4.69) is 10.1 Å². The minimum Gasteiger partial charge on any atom is -0.497 e. The molecule has 4 rings (SSSR count). The fraction of sp³-hybridized carbons (Fsp3) is 0.400. The third kappa shape index (κ3) is 3.45. The maximum atomic E-state index is 12.8. The average molecular weight is 352 g/mol. The molecule has 0 atom stereocenters. The van der Waals surface area contributed by atoms with Crippen LogP contribution in [-0.2, 0) is 6.54 Å². The molecule has 3 heterocycles. The summed E-state index contributed by atoms with van der Waals surface area (Å²) in [7, 11) is 1.65. The van der Waals surface area contributed by atoms with Gasteiger partial charge < -0.3 is 14.6 Å². The number of aryl methyl sites for hydroxylation is 1. The second kappa shape index (κ2) is 7.23. The van der Waals surface area contributed by atoms with Crippen LogP contribution in [0.1, 0.15) is 29.8 Å². The summed E-state index contributed by atoms with van der Waals surface area (Å²) in [6.45, 7) is 2.60. The lowest BCUT2D eigenvalue weighted by Crippen LogP contribution is -2.38. The summed E-state index contributed by atoms with van der Waals surface area (Å²) >= 11 is 0. The fourth-order valence-electron chi connectivity index (χ4n) is 3.70. The lowest BCUT2D eigenvalue weighted by Gasteiger charge is -2.31. The molecule has 0 spiro atoms. The highest BCUT2D eigenvalue weighted by Crippen LogP contribution is 2.25. The van der Waals surface area contributed by atoms with Gasteiger partial charge in [0.25, 0.3) is 5.91 Å². The molecule has 1 aliphatic heterocycles. The Kier molecular flexibility index (Phi) is 4.65. The molecule has 0 unspecified atom stereocenters. The minimum atomic E-state index is 0.0886. The number of fused-ring (bicyclic) bond motifs is 1. The van der Waals surface area contributed by atoms with Crippen LogP contribution in [0, 0.1) is 5.92 Å². The van der Waals surface area contributed by atoms with Gasteiger partial charge in [-0.15, -0.1) is 0 Å². The number of nitrogens with zero attached hydrogens (tertiary/aromatic N) is 3. The standard InChI is InChI=1S/C20H24N4O2/c1-26-17-3-4-18-16(13-17)14-19(22-18)20(25)23-10-5-15(6-11-23)7-12-24-9-2-8-21-24/h2-4,8-9,13-15,22H,5-7,10-12H2,1H3. The molecule has 2 aromatic heterocycles. The van der Waals surface area contributed by atoms with Gasteiger partial charge in [-0.2, -0.15) is 5.10 Å². The molecule has 0 radical (unpaired) electrons. The minimum absolute atomic E-state index is 0.0886. The summed E-state index contributed by atoms with van der Waals surface area (Å²) < 4.78 is 7.24. The van der Waals surface area contributed by atoms with Crippen molar-refractivity contribution >= 4 is 16.8 Å². The van der Waals surface area contributed by atoms with Crippen molar-refractivity contribution in [3.63, 3.8) is 0 Å².